The molecule has 3 nitrogen and oxygen atoms in total. The highest BCUT2D eigenvalue weighted by Crippen LogP contribution is 2.36. The molecule has 0 aliphatic carbocycles. The summed E-state index contributed by atoms with van der Waals surface area (Å²) in [6, 6.07) is 3.67. The van der Waals surface area contributed by atoms with Crippen LogP contribution in [0, 0.1) is 35.5 Å². The molecule has 0 unspecified atom stereocenters. The van der Waals surface area contributed by atoms with Gasteiger partial charge in [0.25, 0.3) is 0 Å². The van der Waals surface area contributed by atoms with Crippen LogP contribution in [-0.2, 0) is 0 Å². The summed E-state index contributed by atoms with van der Waals surface area (Å²) in [6.07, 6.45) is 2.01. The highest BCUT2D eigenvalue weighted by atomic mass is 16.5. The molecule has 0 saturated heterocycles. The van der Waals surface area contributed by atoms with Crippen molar-refractivity contribution in [2.24, 2.45) is 0 Å². The lowest BCUT2D eigenvalue weighted by Crippen LogP contribution is -2.03. The van der Waals surface area contributed by atoms with Crippen LogP contribution >= 0.6 is 0 Å². The Labute approximate surface area is 151 Å². The minimum absolute atomic E-state index is 0.298. The summed E-state index contributed by atoms with van der Waals surface area (Å²) in [7, 11) is 0. The molecular formula is C22H24O3. The van der Waals surface area contributed by atoms with E-state index in [9.17, 15) is 0 Å². The van der Waals surface area contributed by atoms with Crippen molar-refractivity contribution < 1.29 is 14.2 Å². The van der Waals surface area contributed by atoms with Gasteiger partial charge < -0.3 is 14.2 Å². The fourth-order valence-corrected chi connectivity index (χ4v) is 1.89. The number of hydrogen-bond donors (Lipinski definition) is 0. The van der Waals surface area contributed by atoms with E-state index in [1.165, 1.54) is 0 Å². The summed E-state index contributed by atoms with van der Waals surface area (Å²) in [5, 5.41) is 0. The van der Waals surface area contributed by atoms with Crippen LogP contribution in [-0.4, -0.2) is 19.8 Å². The second-order valence-corrected chi connectivity index (χ2v) is 5.20. The van der Waals surface area contributed by atoms with Crippen LogP contribution in [0.3, 0.4) is 0 Å². The maximum absolute atomic E-state index is 5.82. The van der Waals surface area contributed by atoms with Crippen molar-refractivity contribution in [3.63, 3.8) is 0 Å². The van der Waals surface area contributed by atoms with Crippen molar-refractivity contribution in [1.82, 2.24) is 0 Å². The molecule has 0 N–H and O–H groups in total. The second-order valence-electron chi connectivity index (χ2n) is 5.20. The van der Waals surface area contributed by atoms with Gasteiger partial charge in [-0.2, -0.15) is 0 Å². The van der Waals surface area contributed by atoms with Crippen LogP contribution in [0.1, 0.15) is 40.2 Å². The van der Waals surface area contributed by atoms with E-state index in [2.05, 4.69) is 35.5 Å². The summed E-state index contributed by atoms with van der Waals surface area (Å²) in [5.74, 6) is 19.1. The number of rotatable bonds is 7. The molecule has 0 saturated carbocycles. The van der Waals surface area contributed by atoms with E-state index >= 15 is 0 Å². The fraction of sp³-hybridized carbons (Fsp3) is 0.364. The summed E-state index contributed by atoms with van der Waals surface area (Å²) in [6.45, 7) is 10.3. The zero-order valence-electron chi connectivity index (χ0n) is 15.6. The molecule has 0 aliphatic heterocycles. The first kappa shape index (κ1) is 20.1. The Kier molecular flexibility index (Phi) is 9.28. The molecule has 25 heavy (non-hydrogen) atoms. The molecule has 130 valence electrons. The molecule has 0 radical (unpaired) electrons. The molecule has 0 bridgehead atoms. The zero-order valence-corrected chi connectivity index (χ0v) is 15.6. The fourth-order valence-electron chi connectivity index (χ4n) is 1.89. The van der Waals surface area contributed by atoms with Crippen molar-refractivity contribution in [2.75, 3.05) is 19.8 Å². The van der Waals surface area contributed by atoms with Crippen molar-refractivity contribution in [2.45, 2.75) is 34.6 Å². The van der Waals surface area contributed by atoms with Gasteiger partial charge in [-0.25, -0.2) is 0 Å². The molecule has 0 spiro atoms. The van der Waals surface area contributed by atoms with Gasteiger partial charge in [0.15, 0.2) is 0 Å². The van der Waals surface area contributed by atoms with Crippen molar-refractivity contribution >= 4 is 6.08 Å². The molecule has 0 amide bonds. The van der Waals surface area contributed by atoms with Gasteiger partial charge in [-0.1, -0.05) is 23.3 Å². The normalized spacial score (nSPS) is 8.52. The van der Waals surface area contributed by atoms with Gasteiger partial charge in [0.1, 0.15) is 37.1 Å². The molecule has 0 atom stereocenters. The predicted molar refractivity (Wildman–Crippen MR) is 103 cm³/mol. The molecule has 0 aromatic heterocycles. The van der Waals surface area contributed by atoms with E-state index in [0.29, 0.717) is 37.1 Å². The lowest BCUT2D eigenvalue weighted by Gasteiger charge is -2.15. The molecule has 0 heterocycles. The average Bonchev–Trinajstić information content (AvgIpc) is 2.58. The first-order chi connectivity index (χ1) is 12.1. The van der Waals surface area contributed by atoms with E-state index in [1.54, 1.807) is 20.8 Å². The highest BCUT2D eigenvalue weighted by molar-refractivity contribution is 5.68. The third kappa shape index (κ3) is 7.43. The summed E-state index contributed by atoms with van der Waals surface area (Å²) >= 11 is 0. The Morgan fingerprint density at radius 2 is 1.24 bits per heavy atom. The van der Waals surface area contributed by atoms with Crippen LogP contribution in [0.2, 0.25) is 0 Å². The Hall–Kier alpha value is -2.96. The summed E-state index contributed by atoms with van der Waals surface area (Å²) < 4.78 is 17.3. The monoisotopic (exact) mass is 336 g/mol. The molecule has 0 fully saturated rings. The van der Waals surface area contributed by atoms with Gasteiger partial charge in [-0.05, 0) is 40.7 Å². The van der Waals surface area contributed by atoms with Gasteiger partial charge in [0, 0.05) is 12.1 Å². The van der Waals surface area contributed by atoms with Gasteiger partial charge in [0.05, 0.1) is 5.56 Å². The van der Waals surface area contributed by atoms with E-state index < -0.39 is 0 Å². The van der Waals surface area contributed by atoms with Crippen LogP contribution in [0.4, 0.5) is 0 Å². The van der Waals surface area contributed by atoms with Gasteiger partial charge in [-0.3, -0.25) is 0 Å². The Morgan fingerprint density at radius 3 is 1.64 bits per heavy atom. The molecule has 1 aromatic carbocycles. The Morgan fingerprint density at radius 1 is 0.800 bits per heavy atom. The van der Waals surface area contributed by atoms with E-state index in [1.807, 2.05) is 32.1 Å². The first-order valence-corrected chi connectivity index (χ1v) is 8.02. The second kappa shape index (κ2) is 11.6. The smallest absolute Gasteiger partial charge is 0.149 e. The minimum Gasteiger partial charge on any atom is -0.481 e. The van der Waals surface area contributed by atoms with E-state index in [-0.39, 0.29) is 0 Å². The van der Waals surface area contributed by atoms with E-state index in [0.717, 1.165) is 11.1 Å². The SMILES string of the molecule is CC#CCOc1cc(OCC#CC)c(C=C(C)C)c(OCC#CC)c1. The molecular weight excluding hydrogens is 312 g/mol. The van der Waals surface area contributed by atoms with Crippen LogP contribution < -0.4 is 14.2 Å². The zero-order chi connectivity index (χ0) is 18.5. The number of ether oxygens (including phenoxy) is 3. The molecule has 1 rings (SSSR count). The number of benzene rings is 1. The van der Waals surface area contributed by atoms with Crippen molar-refractivity contribution in [1.29, 1.82) is 0 Å². The maximum atomic E-state index is 5.82. The maximum Gasteiger partial charge on any atom is 0.149 e. The average molecular weight is 336 g/mol. The largest absolute Gasteiger partial charge is 0.481 e. The number of hydrogen-bond acceptors (Lipinski definition) is 3. The van der Waals surface area contributed by atoms with Gasteiger partial charge in [-0.15, -0.1) is 17.8 Å². The first-order valence-electron chi connectivity index (χ1n) is 8.02. The Bertz CT molecular complexity index is 735. The van der Waals surface area contributed by atoms with Crippen molar-refractivity contribution in [3.8, 4) is 52.8 Å². The summed E-state index contributed by atoms with van der Waals surface area (Å²) in [4.78, 5) is 0. The third-order valence-corrected chi connectivity index (χ3v) is 2.95. The lowest BCUT2D eigenvalue weighted by molar-refractivity contribution is 0.333. The quantitative estimate of drug-likeness (QED) is 0.694. The van der Waals surface area contributed by atoms with Crippen LogP contribution in [0.5, 0.6) is 17.2 Å². The lowest BCUT2D eigenvalue weighted by atomic mass is 10.1. The molecule has 0 aliphatic rings. The van der Waals surface area contributed by atoms with Crippen LogP contribution in [0.15, 0.2) is 17.7 Å². The van der Waals surface area contributed by atoms with Gasteiger partial charge in [0.2, 0.25) is 0 Å². The predicted octanol–water partition coefficient (Wildman–Crippen LogP) is 4.32. The number of allylic oxidation sites excluding steroid dienone is 1. The minimum atomic E-state index is 0.298. The van der Waals surface area contributed by atoms with Crippen LogP contribution in [0.25, 0.3) is 6.08 Å². The van der Waals surface area contributed by atoms with E-state index in [4.69, 9.17) is 14.2 Å². The molecule has 3 heteroatoms. The molecule has 1 aromatic rings. The van der Waals surface area contributed by atoms with Gasteiger partial charge >= 0.3 is 0 Å². The third-order valence-electron chi connectivity index (χ3n) is 2.95. The highest BCUT2D eigenvalue weighted by Gasteiger charge is 2.13. The standard InChI is InChI=1S/C22H24O3/c1-6-9-12-23-19-16-21(24-13-10-7-2)20(15-18(4)5)22(17-19)25-14-11-8-3/h15-17H,12-14H2,1-5H3. The Balaban J connectivity index is 3.30. The topological polar surface area (TPSA) is 27.7 Å². The summed E-state index contributed by atoms with van der Waals surface area (Å²) in [5.41, 5.74) is 1.98. The van der Waals surface area contributed by atoms with Crippen molar-refractivity contribution in [3.05, 3.63) is 23.3 Å².